The van der Waals surface area contributed by atoms with E-state index in [4.69, 9.17) is 4.42 Å². The minimum absolute atomic E-state index is 0.0129. The second kappa shape index (κ2) is 7.98. The van der Waals surface area contributed by atoms with Gasteiger partial charge < -0.3 is 9.73 Å². The van der Waals surface area contributed by atoms with Crippen molar-refractivity contribution in [2.24, 2.45) is 0 Å². The molecule has 1 atom stereocenters. The molecule has 5 nitrogen and oxygen atoms in total. The van der Waals surface area contributed by atoms with E-state index in [1.54, 1.807) is 0 Å². The standard InChI is InChI=1S/C16H21N3O2S/c1-4-5-12(3)17-14(20)10-22-16-19-18-15(21-16)13-8-6-11(2)7-9-13/h6-9,12H,4-5,10H2,1-3H3,(H,17,20)/t12-/m1/s1. The van der Waals surface area contributed by atoms with Gasteiger partial charge in [-0.3, -0.25) is 4.79 Å². The summed E-state index contributed by atoms with van der Waals surface area (Å²) in [5, 5.41) is 11.3. The van der Waals surface area contributed by atoms with Crippen molar-refractivity contribution in [1.29, 1.82) is 0 Å². The van der Waals surface area contributed by atoms with E-state index in [1.807, 2.05) is 38.1 Å². The summed E-state index contributed by atoms with van der Waals surface area (Å²) in [6.45, 7) is 6.13. The Balaban J connectivity index is 1.87. The number of rotatable bonds is 7. The maximum Gasteiger partial charge on any atom is 0.277 e. The normalized spacial score (nSPS) is 12.1. The Labute approximate surface area is 134 Å². The van der Waals surface area contributed by atoms with Gasteiger partial charge in [0.1, 0.15) is 0 Å². The predicted octanol–water partition coefficient (Wildman–Crippen LogP) is 3.44. The number of carbonyl (C=O) groups is 1. The van der Waals surface area contributed by atoms with Gasteiger partial charge in [-0.05, 0) is 32.4 Å². The van der Waals surface area contributed by atoms with Crippen LogP contribution in [0.1, 0.15) is 32.3 Å². The van der Waals surface area contributed by atoms with Crippen molar-refractivity contribution in [2.75, 3.05) is 5.75 Å². The van der Waals surface area contributed by atoms with Crippen LogP contribution in [0.5, 0.6) is 0 Å². The third kappa shape index (κ3) is 4.87. The molecule has 1 aromatic carbocycles. The van der Waals surface area contributed by atoms with Gasteiger partial charge in [0.05, 0.1) is 5.75 Å². The van der Waals surface area contributed by atoms with Crippen LogP contribution in [-0.2, 0) is 4.79 Å². The molecule has 1 aromatic heterocycles. The van der Waals surface area contributed by atoms with Gasteiger partial charge in [0.2, 0.25) is 11.8 Å². The van der Waals surface area contributed by atoms with Crippen LogP contribution < -0.4 is 5.32 Å². The number of hydrogen-bond acceptors (Lipinski definition) is 5. The lowest BCUT2D eigenvalue weighted by atomic mass is 10.1. The molecule has 0 fully saturated rings. The van der Waals surface area contributed by atoms with Gasteiger partial charge in [0.15, 0.2) is 0 Å². The average molecular weight is 319 g/mol. The number of thioether (sulfide) groups is 1. The van der Waals surface area contributed by atoms with Crippen LogP contribution in [0.3, 0.4) is 0 Å². The highest BCUT2D eigenvalue weighted by Gasteiger charge is 2.12. The Morgan fingerprint density at radius 1 is 1.32 bits per heavy atom. The van der Waals surface area contributed by atoms with Gasteiger partial charge in [0.25, 0.3) is 5.22 Å². The molecule has 0 spiro atoms. The summed E-state index contributed by atoms with van der Waals surface area (Å²) in [7, 11) is 0. The highest BCUT2D eigenvalue weighted by molar-refractivity contribution is 7.99. The molecule has 0 aliphatic carbocycles. The molecule has 2 rings (SSSR count). The molecule has 0 aliphatic heterocycles. The summed E-state index contributed by atoms with van der Waals surface area (Å²) in [4.78, 5) is 11.8. The summed E-state index contributed by atoms with van der Waals surface area (Å²) in [6, 6.07) is 8.07. The average Bonchev–Trinajstić information content (AvgIpc) is 2.95. The van der Waals surface area contributed by atoms with Crippen molar-refractivity contribution in [1.82, 2.24) is 15.5 Å². The molecule has 0 radical (unpaired) electrons. The SMILES string of the molecule is CCC[C@@H](C)NC(=O)CSc1nnc(-c2ccc(C)cc2)o1. The first-order valence-electron chi connectivity index (χ1n) is 7.41. The lowest BCUT2D eigenvalue weighted by molar-refractivity contribution is -0.119. The van der Waals surface area contributed by atoms with E-state index in [9.17, 15) is 4.79 Å². The highest BCUT2D eigenvalue weighted by atomic mass is 32.2. The van der Waals surface area contributed by atoms with Crippen molar-refractivity contribution in [3.05, 3.63) is 29.8 Å². The molecule has 1 heterocycles. The number of benzene rings is 1. The first-order chi connectivity index (χ1) is 10.6. The van der Waals surface area contributed by atoms with Crippen LogP contribution in [0.25, 0.3) is 11.5 Å². The van der Waals surface area contributed by atoms with Crippen molar-refractivity contribution in [3.63, 3.8) is 0 Å². The van der Waals surface area contributed by atoms with E-state index < -0.39 is 0 Å². The quantitative estimate of drug-likeness (QED) is 0.792. The van der Waals surface area contributed by atoms with Crippen molar-refractivity contribution in [2.45, 2.75) is 44.9 Å². The molecular formula is C16H21N3O2S. The number of aryl methyl sites for hydroxylation is 1. The summed E-state index contributed by atoms with van der Waals surface area (Å²) in [5.41, 5.74) is 2.06. The Morgan fingerprint density at radius 2 is 2.05 bits per heavy atom. The fraction of sp³-hybridized carbons (Fsp3) is 0.438. The summed E-state index contributed by atoms with van der Waals surface area (Å²) >= 11 is 1.25. The van der Waals surface area contributed by atoms with Crippen LogP contribution in [-0.4, -0.2) is 27.9 Å². The predicted molar refractivity (Wildman–Crippen MR) is 87.7 cm³/mol. The van der Waals surface area contributed by atoms with Gasteiger partial charge in [-0.2, -0.15) is 0 Å². The zero-order valence-electron chi connectivity index (χ0n) is 13.1. The van der Waals surface area contributed by atoms with Crippen LogP contribution in [0.2, 0.25) is 0 Å². The molecular weight excluding hydrogens is 298 g/mol. The lowest BCUT2D eigenvalue weighted by Crippen LogP contribution is -2.33. The zero-order chi connectivity index (χ0) is 15.9. The van der Waals surface area contributed by atoms with Crippen LogP contribution in [0.4, 0.5) is 0 Å². The largest absolute Gasteiger partial charge is 0.411 e. The number of amides is 1. The monoisotopic (exact) mass is 319 g/mol. The Bertz CT molecular complexity index is 610. The fourth-order valence-electron chi connectivity index (χ4n) is 2.03. The summed E-state index contributed by atoms with van der Waals surface area (Å²) < 4.78 is 5.57. The second-order valence-electron chi connectivity index (χ2n) is 5.29. The molecule has 118 valence electrons. The molecule has 0 saturated heterocycles. The van der Waals surface area contributed by atoms with Crippen LogP contribution in [0.15, 0.2) is 33.9 Å². The van der Waals surface area contributed by atoms with Crippen molar-refractivity contribution < 1.29 is 9.21 Å². The topological polar surface area (TPSA) is 68.0 Å². The minimum atomic E-state index is -0.0129. The van der Waals surface area contributed by atoms with Gasteiger partial charge >= 0.3 is 0 Å². The second-order valence-corrected chi connectivity index (χ2v) is 6.21. The van der Waals surface area contributed by atoms with E-state index in [0.29, 0.717) is 11.1 Å². The van der Waals surface area contributed by atoms with Gasteiger partial charge in [-0.1, -0.05) is 42.8 Å². The van der Waals surface area contributed by atoms with Gasteiger partial charge in [0, 0.05) is 11.6 Å². The van der Waals surface area contributed by atoms with E-state index in [0.717, 1.165) is 18.4 Å². The molecule has 22 heavy (non-hydrogen) atoms. The molecule has 2 aromatic rings. The van der Waals surface area contributed by atoms with Gasteiger partial charge in [-0.15, -0.1) is 10.2 Å². The van der Waals surface area contributed by atoms with E-state index in [2.05, 4.69) is 22.4 Å². The molecule has 0 bridgehead atoms. The number of nitrogens with zero attached hydrogens (tertiary/aromatic N) is 2. The summed E-state index contributed by atoms with van der Waals surface area (Å²) in [5.74, 6) is 0.743. The molecule has 1 N–H and O–H groups in total. The van der Waals surface area contributed by atoms with E-state index >= 15 is 0 Å². The molecule has 0 saturated carbocycles. The van der Waals surface area contributed by atoms with Crippen LogP contribution in [0, 0.1) is 6.92 Å². The first kappa shape index (κ1) is 16.5. The first-order valence-corrected chi connectivity index (χ1v) is 8.39. The smallest absolute Gasteiger partial charge is 0.277 e. The van der Waals surface area contributed by atoms with Crippen molar-refractivity contribution in [3.8, 4) is 11.5 Å². The van der Waals surface area contributed by atoms with Crippen LogP contribution >= 0.6 is 11.8 Å². The maximum absolute atomic E-state index is 11.8. The van der Waals surface area contributed by atoms with Crippen molar-refractivity contribution >= 4 is 17.7 Å². The zero-order valence-corrected chi connectivity index (χ0v) is 13.9. The number of hydrogen-bond donors (Lipinski definition) is 1. The third-order valence-electron chi connectivity index (χ3n) is 3.16. The molecule has 6 heteroatoms. The Kier molecular flexibility index (Phi) is 6.00. The minimum Gasteiger partial charge on any atom is -0.411 e. The van der Waals surface area contributed by atoms with E-state index in [1.165, 1.54) is 17.3 Å². The van der Waals surface area contributed by atoms with Gasteiger partial charge in [-0.25, -0.2) is 0 Å². The fourth-order valence-corrected chi connectivity index (χ4v) is 2.60. The van der Waals surface area contributed by atoms with E-state index in [-0.39, 0.29) is 17.7 Å². The Morgan fingerprint density at radius 3 is 2.73 bits per heavy atom. The maximum atomic E-state index is 11.8. The number of carbonyl (C=O) groups excluding carboxylic acids is 1. The molecule has 0 unspecified atom stereocenters. The lowest BCUT2D eigenvalue weighted by Gasteiger charge is -2.11. The molecule has 1 amide bonds. The highest BCUT2D eigenvalue weighted by Crippen LogP contribution is 2.23. The summed E-state index contributed by atoms with van der Waals surface area (Å²) in [6.07, 6.45) is 2.03. The number of aromatic nitrogens is 2. The molecule has 0 aliphatic rings. The third-order valence-corrected chi connectivity index (χ3v) is 3.98. The Hall–Kier alpha value is -1.82. The number of nitrogens with one attached hydrogen (secondary N) is 1.